The molecule has 6 heteroatoms. The van der Waals surface area contributed by atoms with Crippen molar-refractivity contribution in [2.45, 2.75) is 38.3 Å². The van der Waals surface area contributed by atoms with Crippen molar-refractivity contribution in [3.8, 4) is 5.75 Å². The Kier molecular flexibility index (Phi) is 3.76. The van der Waals surface area contributed by atoms with E-state index < -0.39 is 6.10 Å². The highest BCUT2D eigenvalue weighted by atomic mass is 35.5. The van der Waals surface area contributed by atoms with Gasteiger partial charge in [0.25, 0.3) is 5.91 Å². The number of aryl methyl sites for hydroxylation is 2. The van der Waals surface area contributed by atoms with E-state index in [0.717, 1.165) is 42.0 Å². The number of halogens is 1. The molecule has 1 aromatic carbocycles. The van der Waals surface area contributed by atoms with Gasteiger partial charge in [-0.25, -0.2) is 0 Å². The van der Waals surface area contributed by atoms with E-state index in [9.17, 15) is 4.79 Å². The number of hydrogen-bond donors (Lipinski definition) is 0. The molecule has 24 heavy (non-hydrogen) atoms. The monoisotopic (exact) mass is 345 g/mol. The fraction of sp³-hybridized carbons (Fsp3) is 0.444. The molecule has 2 aromatic rings. The number of carbonyl (C=O) groups excluding carboxylic acids is 1. The number of nitrogens with zero attached hydrogens (tertiary/aromatic N) is 3. The van der Waals surface area contributed by atoms with E-state index in [1.165, 1.54) is 0 Å². The number of likely N-dealkylation sites (tertiary alicyclic amines) is 1. The minimum atomic E-state index is -0.432. The standard InChI is InChI=1S/C18H20ClN3O2/c1-11-16(17(19)21(2)20-11)13-7-5-9-22(13)18(23)15-10-12-6-3-4-8-14(12)24-15/h3-4,6,8,13,15H,5,7,9-10H2,1-2H3. The van der Waals surface area contributed by atoms with Crippen molar-refractivity contribution in [2.24, 2.45) is 7.05 Å². The van der Waals surface area contributed by atoms with Gasteiger partial charge in [-0.05, 0) is 31.4 Å². The third-order valence-corrected chi connectivity index (χ3v) is 5.44. The van der Waals surface area contributed by atoms with Crippen molar-refractivity contribution in [2.75, 3.05) is 6.54 Å². The second kappa shape index (κ2) is 5.81. The lowest BCUT2D eigenvalue weighted by Crippen LogP contribution is -2.41. The highest BCUT2D eigenvalue weighted by Gasteiger charge is 2.39. The van der Waals surface area contributed by atoms with Crippen molar-refractivity contribution in [3.63, 3.8) is 0 Å². The van der Waals surface area contributed by atoms with Crippen LogP contribution < -0.4 is 4.74 Å². The number of rotatable bonds is 2. The molecule has 2 unspecified atom stereocenters. The summed E-state index contributed by atoms with van der Waals surface area (Å²) in [5.41, 5.74) is 2.96. The molecule has 0 bridgehead atoms. The summed E-state index contributed by atoms with van der Waals surface area (Å²) in [6.07, 6.45) is 2.09. The Morgan fingerprint density at radius 3 is 2.88 bits per heavy atom. The normalized spacial score (nSPS) is 22.5. The maximum absolute atomic E-state index is 13.1. The van der Waals surface area contributed by atoms with Gasteiger partial charge in [0.15, 0.2) is 6.10 Å². The summed E-state index contributed by atoms with van der Waals surface area (Å²) in [6.45, 7) is 2.69. The second-order valence-electron chi connectivity index (χ2n) is 6.52. The summed E-state index contributed by atoms with van der Waals surface area (Å²) in [6, 6.07) is 7.85. The molecule has 0 saturated carbocycles. The van der Waals surface area contributed by atoms with Gasteiger partial charge in [-0.1, -0.05) is 29.8 Å². The van der Waals surface area contributed by atoms with Crippen molar-refractivity contribution in [1.82, 2.24) is 14.7 Å². The van der Waals surface area contributed by atoms with Crippen LogP contribution in [0.5, 0.6) is 5.75 Å². The lowest BCUT2D eigenvalue weighted by Gasteiger charge is -2.27. The first kappa shape index (κ1) is 15.5. The fourth-order valence-corrected chi connectivity index (χ4v) is 4.16. The fourth-order valence-electron chi connectivity index (χ4n) is 3.86. The number of amides is 1. The Hall–Kier alpha value is -2.01. The molecule has 4 rings (SSSR count). The summed E-state index contributed by atoms with van der Waals surface area (Å²) in [5.74, 6) is 0.871. The lowest BCUT2D eigenvalue weighted by molar-refractivity contribution is -0.138. The number of ether oxygens (including phenoxy) is 1. The van der Waals surface area contributed by atoms with Gasteiger partial charge >= 0.3 is 0 Å². The van der Waals surface area contributed by atoms with E-state index in [1.54, 1.807) is 4.68 Å². The average Bonchev–Trinajstić information content (AvgIpc) is 3.25. The number of hydrogen-bond acceptors (Lipinski definition) is 3. The van der Waals surface area contributed by atoms with Crippen LogP contribution >= 0.6 is 11.6 Å². The van der Waals surface area contributed by atoms with Gasteiger partial charge in [-0.2, -0.15) is 5.10 Å². The van der Waals surface area contributed by atoms with Crippen molar-refractivity contribution in [1.29, 1.82) is 0 Å². The predicted molar refractivity (Wildman–Crippen MR) is 91.2 cm³/mol. The maximum Gasteiger partial charge on any atom is 0.264 e. The first-order chi connectivity index (χ1) is 11.6. The molecule has 0 aliphatic carbocycles. The zero-order valence-electron chi connectivity index (χ0n) is 13.8. The predicted octanol–water partition coefficient (Wildman–Crippen LogP) is 3.05. The summed E-state index contributed by atoms with van der Waals surface area (Å²) in [4.78, 5) is 15.0. The third kappa shape index (κ3) is 2.38. The van der Waals surface area contributed by atoms with Crippen LogP contribution in [0.25, 0.3) is 0 Å². The maximum atomic E-state index is 13.1. The third-order valence-electron chi connectivity index (χ3n) is 4.99. The van der Waals surface area contributed by atoms with Crippen molar-refractivity contribution >= 4 is 17.5 Å². The molecule has 2 aliphatic rings. The van der Waals surface area contributed by atoms with E-state index in [-0.39, 0.29) is 11.9 Å². The van der Waals surface area contributed by atoms with Crippen LogP contribution in [0.4, 0.5) is 0 Å². The van der Waals surface area contributed by atoms with Gasteiger partial charge in [0.1, 0.15) is 10.9 Å². The van der Waals surface area contributed by atoms with Crippen LogP contribution in [0.15, 0.2) is 24.3 Å². The lowest BCUT2D eigenvalue weighted by atomic mass is 10.0. The molecule has 0 radical (unpaired) electrons. The molecule has 1 fully saturated rings. The molecule has 5 nitrogen and oxygen atoms in total. The molecule has 126 valence electrons. The van der Waals surface area contributed by atoms with Gasteiger partial charge < -0.3 is 9.64 Å². The van der Waals surface area contributed by atoms with Crippen LogP contribution in [0, 0.1) is 6.92 Å². The summed E-state index contributed by atoms with van der Waals surface area (Å²) >= 11 is 6.43. The molecule has 2 aliphatic heterocycles. The van der Waals surface area contributed by atoms with E-state index in [1.807, 2.05) is 43.1 Å². The summed E-state index contributed by atoms with van der Waals surface area (Å²) < 4.78 is 7.56. The molecule has 1 amide bonds. The molecule has 1 aromatic heterocycles. The number of para-hydroxylation sites is 1. The number of carbonyl (C=O) groups is 1. The van der Waals surface area contributed by atoms with Crippen molar-refractivity contribution < 1.29 is 9.53 Å². The highest BCUT2D eigenvalue weighted by molar-refractivity contribution is 6.30. The Labute approximate surface area is 146 Å². The molecule has 1 saturated heterocycles. The van der Waals surface area contributed by atoms with Crippen LogP contribution in [0.1, 0.15) is 35.7 Å². The first-order valence-corrected chi connectivity index (χ1v) is 8.68. The van der Waals surface area contributed by atoms with Crippen LogP contribution in [0.3, 0.4) is 0 Å². The first-order valence-electron chi connectivity index (χ1n) is 8.30. The van der Waals surface area contributed by atoms with Crippen LogP contribution in [0.2, 0.25) is 5.15 Å². The topological polar surface area (TPSA) is 47.4 Å². The quantitative estimate of drug-likeness (QED) is 0.840. The Bertz CT molecular complexity index is 777. The van der Waals surface area contributed by atoms with Crippen molar-refractivity contribution in [3.05, 3.63) is 46.2 Å². The van der Waals surface area contributed by atoms with Gasteiger partial charge in [0.2, 0.25) is 0 Å². The van der Waals surface area contributed by atoms with Gasteiger partial charge in [0.05, 0.1) is 11.7 Å². The second-order valence-corrected chi connectivity index (χ2v) is 6.88. The molecule has 0 N–H and O–H groups in total. The Morgan fingerprint density at radius 1 is 1.38 bits per heavy atom. The number of benzene rings is 1. The number of fused-ring (bicyclic) bond motifs is 1. The smallest absolute Gasteiger partial charge is 0.264 e. The summed E-state index contributed by atoms with van der Waals surface area (Å²) in [5, 5.41) is 5.01. The minimum Gasteiger partial charge on any atom is -0.480 e. The van der Waals surface area contributed by atoms with Gasteiger partial charge in [-0.15, -0.1) is 0 Å². The molecular weight excluding hydrogens is 326 g/mol. The minimum absolute atomic E-state index is 0.00832. The zero-order valence-corrected chi connectivity index (χ0v) is 14.6. The van der Waals surface area contributed by atoms with Crippen LogP contribution in [-0.4, -0.2) is 33.2 Å². The largest absolute Gasteiger partial charge is 0.480 e. The van der Waals surface area contributed by atoms with E-state index in [4.69, 9.17) is 16.3 Å². The van der Waals surface area contributed by atoms with E-state index >= 15 is 0 Å². The van der Waals surface area contributed by atoms with Gasteiger partial charge in [-0.3, -0.25) is 9.48 Å². The highest BCUT2D eigenvalue weighted by Crippen LogP contribution is 2.39. The number of aromatic nitrogens is 2. The zero-order chi connectivity index (χ0) is 16.8. The van der Waals surface area contributed by atoms with E-state index in [2.05, 4.69) is 5.10 Å². The molecule has 0 spiro atoms. The molecular formula is C18H20ClN3O2. The Balaban J connectivity index is 1.59. The van der Waals surface area contributed by atoms with E-state index in [0.29, 0.717) is 11.6 Å². The molecule has 2 atom stereocenters. The molecule has 3 heterocycles. The summed E-state index contributed by atoms with van der Waals surface area (Å²) in [7, 11) is 1.83. The van der Waals surface area contributed by atoms with Crippen LogP contribution in [-0.2, 0) is 18.3 Å². The SMILES string of the molecule is Cc1nn(C)c(Cl)c1C1CCCN1C(=O)C1Cc2ccccc2O1. The average molecular weight is 346 g/mol. The van der Waals surface area contributed by atoms with Gasteiger partial charge in [0, 0.05) is 25.6 Å². The Morgan fingerprint density at radius 2 is 2.17 bits per heavy atom.